The Bertz CT molecular complexity index is 1050. The monoisotopic (exact) mass is 458 g/mol. The second kappa shape index (κ2) is 8.75. The molecule has 0 N–H and O–H groups in total. The van der Waals surface area contributed by atoms with Gasteiger partial charge in [-0.3, -0.25) is 4.79 Å². The highest BCUT2D eigenvalue weighted by Crippen LogP contribution is 2.31. The van der Waals surface area contributed by atoms with Crippen molar-refractivity contribution in [1.82, 2.24) is 9.21 Å². The molecule has 7 nitrogen and oxygen atoms in total. The van der Waals surface area contributed by atoms with Crippen molar-refractivity contribution in [2.24, 2.45) is 0 Å². The number of nitrogens with zero attached hydrogens (tertiary/aromatic N) is 2. The van der Waals surface area contributed by atoms with Crippen LogP contribution < -0.4 is 9.47 Å². The molecule has 0 spiro atoms. The van der Waals surface area contributed by atoms with Gasteiger partial charge in [0.15, 0.2) is 11.5 Å². The summed E-state index contributed by atoms with van der Waals surface area (Å²) in [5.41, 5.74) is -0.548. The Kier molecular flexibility index (Phi) is 6.46. The van der Waals surface area contributed by atoms with Crippen molar-refractivity contribution in [3.8, 4) is 11.5 Å². The third-order valence-corrected chi connectivity index (χ3v) is 6.89. The number of hydrogen-bond acceptors (Lipinski definition) is 5. The van der Waals surface area contributed by atoms with Crippen molar-refractivity contribution in [1.29, 1.82) is 0 Å². The van der Waals surface area contributed by atoms with Gasteiger partial charge in [0.25, 0.3) is 5.91 Å². The normalized spacial score (nSPS) is 15.6. The maximum atomic E-state index is 12.8. The molecule has 168 valence electrons. The Morgan fingerprint density at radius 2 is 1.48 bits per heavy atom. The summed E-state index contributed by atoms with van der Waals surface area (Å²) in [5, 5.41) is 0. The molecular weight excluding hydrogens is 437 g/mol. The number of amides is 1. The Balaban J connectivity index is 1.69. The molecule has 3 rings (SSSR count). The van der Waals surface area contributed by atoms with E-state index in [0.717, 1.165) is 28.6 Å². The first kappa shape index (κ1) is 22.9. The first-order chi connectivity index (χ1) is 14.6. The van der Waals surface area contributed by atoms with Gasteiger partial charge in [-0.15, -0.1) is 0 Å². The number of carbonyl (C=O) groups is 1. The highest BCUT2D eigenvalue weighted by Gasteiger charge is 2.33. The van der Waals surface area contributed by atoms with Crippen LogP contribution in [0.4, 0.5) is 13.2 Å². The fourth-order valence-electron chi connectivity index (χ4n) is 3.25. The van der Waals surface area contributed by atoms with E-state index >= 15 is 0 Å². The molecule has 31 heavy (non-hydrogen) atoms. The number of hydrogen-bond donors (Lipinski definition) is 0. The van der Waals surface area contributed by atoms with Crippen LogP contribution in [-0.2, 0) is 16.2 Å². The second-order valence-corrected chi connectivity index (χ2v) is 8.73. The third kappa shape index (κ3) is 4.77. The zero-order chi connectivity index (χ0) is 22.8. The van der Waals surface area contributed by atoms with E-state index in [2.05, 4.69) is 0 Å². The number of piperazine rings is 1. The first-order valence-corrected chi connectivity index (χ1v) is 10.7. The summed E-state index contributed by atoms with van der Waals surface area (Å²) < 4.78 is 75.2. The lowest BCUT2D eigenvalue weighted by Gasteiger charge is -2.34. The smallest absolute Gasteiger partial charge is 0.416 e. The van der Waals surface area contributed by atoms with Gasteiger partial charge in [0.1, 0.15) is 0 Å². The second-order valence-electron chi connectivity index (χ2n) is 6.79. The van der Waals surface area contributed by atoms with Crippen molar-refractivity contribution in [3.63, 3.8) is 0 Å². The minimum Gasteiger partial charge on any atom is -0.493 e. The molecule has 11 heteroatoms. The van der Waals surface area contributed by atoms with E-state index < -0.39 is 21.8 Å². The van der Waals surface area contributed by atoms with Gasteiger partial charge < -0.3 is 14.4 Å². The fraction of sp³-hybridized carbons (Fsp3) is 0.350. The van der Waals surface area contributed by atoms with Gasteiger partial charge in [0.2, 0.25) is 10.0 Å². The van der Waals surface area contributed by atoms with Gasteiger partial charge in [-0.25, -0.2) is 8.42 Å². The summed E-state index contributed by atoms with van der Waals surface area (Å²) in [7, 11) is -1.03. The fourth-order valence-corrected chi connectivity index (χ4v) is 4.67. The average Bonchev–Trinajstić information content (AvgIpc) is 2.77. The van der Waals surface area contributed by atoms with E-state index in [0.29, 0.717) is 17.1 Å². The predicted octanol–water partition coefficient (Wildman–Crippen LogP) is 2.87. The topological polar surface area (TPSA) is 76.2 Å². The predicted molar refractivity (Wildman–Crippen MR) is 106 cm³/mol. The van der Waals surface area contributed by atoms with Gasteiger partial charge >= 0.3 is 6.18 Å². The maximum absolute atomic E-state index is 12.8. The van der Waals surface area contributed by atoms with E-state index in [1.54, 1.807) is 18.2 Å². The van der Waals surface area contributed by atoms with Crippen LogP contribution in [0.15, 0.2) is 47.4 Å². The minimum atomic E-state index is -4.54. The summed E-state index contributed by atoms with van der Waals surface area (Å²) in [6.07, 6.45) is -4.54. The van der Waals surface area contributed by atoms with Crippen LogP contribution in [0.2, 0.25) is 0 Å². The van der Waals surface area contributed by atoms with Crippen molar-refractivity contribution in [3.05, 3.63) is 53.6 Å². The van der Waals surface area contributed by atoms with Gasteiger partial charge in [-0.2, -0.15) is 17.5 Å². The van der Waals surface area contributed by atoms with Crippen molar-refractivity contribution >= 4 is 15.9 Å². The summed E-state index contributed by atoms with van der Waals surface area (Å²) in [4.78, 5) is 14.1. The molecule has 2 aromatic carbocycles. The van der Waals surface area contributed by atoms with E-state index in [1.807, 2.05) is 0 Å². The molecule has 0 bridgehead atoms. The molecule has 1 amide bonds. The number of methoxy groups -OCH3 is 2. The molecule has 1 aliphatic rings. The summed E-state index contributed by atoms with van der Waals surface area (Å²) in [5.74, 6) is 0.593. The standard InChI is InChI=1S/C20H21F3N2O5S/c1-29-17-8-3-14(13-18(17)30-2)19(26)24-9-11-25(12-10-24)31(27,28)16-6-4-15(5-7-16)20(21,22)23/h3-8,13H,9-12H2,1-2H3. The van der Waals surface area contributed by atoms with Crippen LogP contribution >= 0.6 is 0 Å². The molecule has 0 radical (unpaired) electrons. The molecule has 0 saturated carbocycles. The number of carbonyl (C=O) groups excluding carboxylic acids is 1. The lowest BCUT2D eigenvalue weighted by atomic mass is 10.1. The summed E-state index contributed by atoms with van der Waals surface area (Å²) >= 11 is 0. The van der Waals surface area contributed by atoms with Gasteiger partial charge in [-0.05, 0) is 42.5 Å². The summed E-state index contributed by atoms with van der Waals surface area (Å²) in [6.45, 7) is 0.352. The van der Waals surface area contributed by atoms with Crippen molar-refractivity contribution < 1.29 is 35.9 Å². The molecule has 0 aromatic heterocycles. The Morgan fingerprint density at radius 1 is 0.903 bits per heavy atom. The largest absolute Gasteiger partial charge is 0.493 e. The third-order valence-electron chi connectivity index (χ3n) is 4.98. The zero-order valence-corrected chi connectivity index (χ0v) is 17.7. The van der Waals surface area contributed by atoms with Crippen LogP contribution in [0, 0.1) is 0 Å². The quantitative estimate of drug-likeness (QED) is 0.689. The molecule has 1 heterocycles. The van der Waals surface area contributed by atoms with Gasteiger partial charge in [0, 0.05) is 31.7 Å². The molecule has 0 unspecified atom stereocenters. The Morgan fingerprint density at radius 3 is 2.00 bits per heavy atom. The molecule has 1 saturated heterocycles. The SMILES string of the molecule is COc1ccc(C(=O)N2CCN(S(=O)(=O)c3ccc(C(F)(F)F)cc3)CC2)cc1OC. The van der Waals surface area contributed by atoms with Crippen LogP contribution in [0.1, 0.15) is 15.9 Å². The Hall–Kier alpha value is -2.79. The highest BCUT2D eigenvalue weighted by molar-refractivity contribution is 7.89. The molecule has 2 aromatic rings. The number of halogens is 3. The summed E-state index contributed by atoms with van der Waals surface area (Å²) in [6, 6.07) is 8.12. The number of rotatable bonds is 5. The van der Waals surface area contributed by atoms with E-state index in [9.17, 15) is 26.4 Å². The molecule has 1 fully saturated rings. The van der Waals surface area contributed by atoms with E-state index in [-0.39, 0.29) is 37.0 Å². The number of sulfonamides is 1. The van der Waals surface area contributed by atoms with Gasteiger partial charge in [0.05, 0.1) is 24.7 Å². The van der Waals surface area contributed by atoms with Crippen LogP contribution in [-0.4, -0.2) is 63.9 Å². The van der Waals surface area contributed by atoms with E-state index in [4.69, 9.17) is 9.47 Å². The van der Waals surface area contributed by atoms with Gasteiger partial charge in [-0.1, -0.05) is 0 Å². The van der Waals surface area contributed by atoms with Crippen molar-refractivity contribution in [2.75, 3.05) is 40.4 Å². The average molecular weight is 458 g/mol. The van der Waals surface area contributed by atoms with Crippen LogP contribution in [0.25, 0.3) is 0 Å². The van der Waals surface area contributed by atoms with Crippen LogP contribution in [0.5, 0.6) is 11.5 Å². The highest BCUT2D eigenvalue weighted by atomic mass is 32.2. The first-order valence-electron chi connectivity index (χ1n) is 9.26. The molecule has 1 aliphatic heterocycles. The zero-order valence-electron chi connectivity index (χ0n) is 16.8. The van der Waals surface area contributed by atoms with E-state index in [1.165, 1.54) is 19.1 Å². The molecule has 0 aliphatic carbocycles. The number of alkyl halides is 3. The molecule has 0 atom stereocenters. The van der Waals surface area contributed by atoms with Crippen molar-refractivity contribution in [2.45, 2.75) is 11.1 Å². The van der Waals surface area contributed by atoms with Crippen LogP contribution in [0.3, 0.4) is 0 Å². The maximum Gasteiger partial charge on any atom is 0.416 e. The number of ether oxygens (including phenoxy) is 2. The minimum absolute atomic E-state index is 0.0301. The lowest BCUT2D eigenvalue weighted by molar-refractivity contribution is -0.137. The number of benzene rings is 2. The Labute approximate surface area is 178 Å². The molecular formula is C20H21F3N2O5S. The lowest BCUT2D eigenvalue weighted by Crippen LogP contribution is -2.50.